The molecule has 5 aliphatic carbocycles. The van der Waals surface area contributed by atoms with E-state index in [1.165, 1.54) is 46.6 Å². The lowest BCUT2D eigenvalue weighted by Crippen LogP contribution is -2.38. The third-order valence-electron chi connectivity index (χ3n) is 21.0. The molecule has 3 aliphatic heterocycles. The molecule has 0 unspecified atom stereocenters. The zero-order chi connectivity index (χ0) is 88.8. The van der Waals surface area contributed by atoms with E-state index in [4.69, 9.17) is 124 Å². The van der Waals surface area contributed by atoms with Crippen LogP contribution in [-0.2, 0) is 68.7 Å². The van der Waals surface area contributed by atoms with Gasteiger partial charge in [-0.25, -0.2) is 48.9 Å². The molecule has 33 nitrogen and oxygen atoms in total. The van der Waals surface area contributed by atoms with Gasteiger partial charge < -0.3 is 76.6 Å². The fourth-order valence-corrected chi connectivity index (χ4v) is 14.2. The number of nitrogens with zero attached hydrogens (tertiary/aromatic N) is 13. The molecule has 5 saturated carbocycles. The van der Waals surface area contributed by atoms with Crippen molar-refractivity contribution in [2.75, 3.05) is 102 Å². The molecule has 15 rings (SSSR count). The number of hydrogen-bond donors (Lipinski definition) is 1. The van der Waals surface area contributed by atoms with Gasteiger partial charge in [-0.15, -0.1) is 0 Å². The van der Waals surface area contributed by atoms with Crippen molar-refractivity contribution in [3.05, 3.63) is 115 Å². The second kappa shape index (κ2) is 44.1. The van der Waals surface area contributed by atoms with Gasteiger partial charge in [-0.2, -0.15) is 33.3 Å². The van der Waals surface area contributed by atoms with E-state index < -0.39 is 45.5 Å². The number of carboxylic acid groups (broad SMARTS) is 1. The molecule has 1 N–H and O–H groups in total. The van der Waals surface area contributed by atoms with Crippen LogP contribution in [0, 0.1) is 27.7 Å². The third-order valence-corrected chi connectivity index (χ3v) is 22.4. The molecule has 2 aromatic carbocycles. The molecule has 7 aromatic rings. The number of aromatic nitrogens is 10. The maximum absolute atomic E-state index is 12.2. The molecule has 666 valence electrons. The Kier molecular flexibility index (Phi) is 34.4. The third kappa shape index (κ3) is 26.9. The average Bonchev–Trinajstić information content (AvgIpc) is 1.62. The number of carbonyl (C=O) groups excluding carboxylic acids is 4. The Hall–Kier alpha value is -9.26. The number of aryl methyl sites for hydroxylation is 4. The predicted molar refractivity (Wildman–Crippen MR) is 457 cm³/mol. The fraction of sp³-hybridized carbons (Fsp3) is 0.560. The van der Waals surface area contributed by atoms with Gasteiger partial charge in [0.05, 0.1) is 58.1 Å². The van der Waals surface area contributed by atoms with Crippen LogP contribution in [0.3, 0.4) is 0 Å². The van der Waals surface area contributed by atoms with Crippen molar-refractivity contribution in [1.29, 1.82) is 0 Å². The molecule has 0 spiro atoms. The molecule has 39 heteroatoms. The van der Waals surface area contributed by atoms with Crippen LogP contribution in [-0.4, -0.2) is 227 Å². The van der Waals surface area contributed by atoms with Gasteiger partial charge in [0, 0.05) is 175 Å². The lowest BCUT2D eigenvalue weighted by atomic mass is 10.1. The Balaban J connectivity index is 0.000000164. The first-order valence-electron chi connectivity index (χ1n) is 40.8. The molecule has 123 heavy (non-hydrogen) atoms. The van der Waals surface area contributed by atoms with Crippen molar-refractivity contribution in [2.45, 2.75) is 217 Å². The molecular weight excluding hydrogens is 1720 g/mol. The minimum Gasteiger partial charge on any atom is -0.478 e. The van der Waals surface area contributed by atoms with Crippen molar-refractivity contribution < 1.29 is 94.3 Å². The summed E-state index contributed by atoms with van der Waals surface area (Å²) in [6.45, 7) is 20.8. The normalized spacial score (nSPS) is 17.6. The van der Waals surface area contributed by atoms with E-state index in [0.717, 1.165) is 145 Å². The summed E-state index contributed by atoms with van der Waals surface area (Å²) in [6.07, 6.45) is 15.4. The fourth-order valence-electron chi connectivity index (χ4n) is 13.4. The highest BCUT2D eigenvalue weighted by atomic mass is 35.5. The lowest BCUT2D eigenvalue weighted by Gasteiger charge is -2.32. The molecule has 0 bridgehead atoms. The minimum absolute atomic E-state index is 0.260. The van der Waals surface area contributed by atoms with E-state index in [9.17, 15) is 29.1 Å². The number of methoxy groups -OCH3 is 4. The van der Waals surface area contributed by atoms with Crippen LogP contribution in [0.25, 0.3) is 22.5 Å². The molecular formula is C84H104Cl5N13O20S. The molecule has 0 amide bonds. The molecule has 8 heterocycles. The number of piperidine rings is 3. The van der Waals surface area contributed by atoms with E-state index >= 15 is 0 Å². The second-order valence-corrected chi connectivity index (χ2v) is 32.8. The number of anilines is 3. The largest absolute Gasteiger partial charge is 0.478 e. The van der Waals surface area contributed by atoms with Crippen molar-refractivity contribution >= 4 is 117 Å². The van der Waals surface area contributed by atoms with E-state index in [2.05, 4.69) is 84.8 Å². The molecule has 0 atom stereocenters. The van der Waals surface area contributed by atoms with Crippen LogP contribution in [0.4, 0.5) is 17.8 Å². The maximum atomic E-state index is 12.2. The Bertz CT molecular complexity index is 4720. The second-order valence-electron chi connectivity index (χ2n) is 30.7. The highest BCUT2D eigenvalue weighted by molar-refractivity contribution is 7.51. The Labute approximate surface area is 742 Å². The number of carbonyl (C=O) groups is 5. The highest BCUT2D eigenvalue weighted by Crippen LogP contribution is 2.46. The quantitative estimate of drug-likeness (QED) is 0.0258. The van der Waals surface area contributed by atoms with Gasteiger partial charge in [0.25, 0.3) is 0 Å². The van der Waals surface area contributed by atoms with E-state index in [-0.39, 0.29) is 42.0 Å². The highest BCUT2D eigenvalue weighted by Gasteiger charge is 2.58. The first-order valence-corrected chi connectivity index (χ1v) is 43.4. The summed E-state index contributed by atoms with van der Waals surface area (Å²) in [5.74, 6) is 1.82. The Morgan fingerprint density at radius 3 is 0.894 bits per heavy atom. The summed E-state index contributed by atoms with van der Waals surface area (Å²) in [7, 11) is 5.41. The van der Waals surface area contributed by atoms with Gasteiger partial charge in [-0.1, -0.05) is 90.9 Å². The van der Waals surface area contributed by atoms with Crippen molar-refractivity contribution in [2.24, 2.45) is 0 Å². The number of esters is 4. The SMILES string of the molecule is CCCOC1CCN(c2nc(Cl)cc(OC3(C(=O)OC)CC3)n2)CC1.CCCOC1CCN(c2nc(OC3(C(=O)O)CC3)cc(-c3ccc(Cl)c(C)c3)n2)CC1.CCCOC1CCN(c2nc(OC3(C(=O)OC)CC3)cc(-c3ccc(Cl)c(C)c3)n2)CC1.COC(=O)C1(Oc2cc(Cl)nc(C)n2)CC1.COC(=O)C1(Oc2cc(Cl)nc(C)n2)CC1.O=S=O. The Morgan fingerprint density at radius 1 is 0.382 bits per heavy atom. The smallest absolute Gasteiger partial charge is 0.350 e. The number of hydrogen-bond acceptors (Lipinski definition) is 32. The Morgan fingerprint density at radius 2 is 0.642 bits per heavy atom. The van der Waals surface area contributed by atoms with E-state index in [1.54, 1.807) is 26.0 Å². The topological polar surface area (TPSA) is 389 Å². The lowest BCUT2D eigenvalue weighted by molar-refractivity contribution is -0.151. The molecule has 3 saturated heterocycles. The summed E-state index contributed by atoms with van der Waals surface area (Å²) in [5, 5.41) is 11.8. The minimum atomic E-state index is -1.17. The van der Waals surface area contributed by atoms with Crippen LogP contribution in [0.5, 0.6) is 29.4 Å². The standard InChI is InChI=1S/C24H30ClN3O4.C23H28ClN3O4.C17H24ClN3O4.2C10H11ClN2O3.O2S/c1-4-13-31-18-7-11-28(12-8-18)23-26-20(17-5-6-19(25)16(2)14-17)15-21(27-23)32-24(9-10-24)22(29)30-3;1-3-12-30-17-6-10-27(11-7-17)22-25-19(16-4-5-18(24)15(2)13-16)14-20(26-22)31-23(8-9-23)21(28)29;1-3-10-24-12-4-8-21(9-5-12)16-19-13(18)11-14(20-16)25-17(6-7-17)15(22)23-2;2*1-6-12-7(11)5-8(13-6)16-10(3-4-10)9(14)15-2;1-3-2/h5-6,14-15,18H,4,7-13H2,1-3H3;4-5,13-14,17H,3,6-12H2,1-2H3,(H,28,29);11-12H,3-10H2,1-2H3;2*5H,3-4H2,1-2H3;. The number of benzene rings is 2. The summed E-state index contributed by atoms with van der Waals surface area (Å²) in [5.41, 5.74) is 0.395. The van der Waals surface area contributed by atoms with Gasteiger partial charge >= 0.3 is 41.4 Å². The average molecular weight is 1830 g/mol. The monoisotopic (exact) mass is 1820 g/mol. The molecule has 0 radical (unpaired) electrons. The van der Waals surface area contributed by atoms with Crippen molar-refractivity contribution in [3.8, 4) is 51.9 Å². The number of aliphatic carboxylic acids is 1. The van der Waals surface area contributed by atoms with Gasteiger partial charge in [0.15, 0.2) is 0 Å². The zero-order valence-corrected chi connectivity index (χ0v) is 75.3. The van der Waals surface area contributed by atoms with Crippen molar-refractivity contribution in [1.82, 2.24) is 49.8 Å². The zero-order valence-electron chi connectivity index (χ0n) is 70.7. The van der Waals surface area contributed by atoms with Crippen LogP contribution in [0.15, 0.2) is 66.7 Å². The maximum Gasteiger partial charge on any atom is 0.350 e. The first-order chi connectivity index (χ1) is 58.9. The number of ether oxygens (including phenoxy) is 12. The van der Waals surface area contributed by atoms with Crippen LogP contribution < -0.4 is 38.4 Å². The van der Waals surface area contributed by atoms with Gasteiger partial charge in [-0.05, 0) is 121 Å². The molecule has 8 aliphatic rings. The van der Waals surface area contributed by atoms with E-state index in [1.807, 2.05) is 50.2 Å². The van der Waals surface area contributed by atoms with Crippen molar-refractivity contribution in [3.63, 3.8) is 0 Å². The van der Waals surface area contributed by atoms with Crippen LogP contribution in [0.2, 0.25) is 25.5 Å². The molecule has 5 aromatic heterocycles. The number of rotatable bonds is 29. The van der Waals surface area contributed by atoms with Crippen LogP contribution in [0.1, 0.15) is 166 Å². The van der Waals surface area contributed by atoms with Crippen LogP contribution >= 0.6 is 58.0 Å². The summed E-state index contributed by atoms with van der Waals surface area (Å²) in [4.78, 5) is 108. The van der Waals surface area contributed by atoms with Gasteiger partial charge in [0.1, 0.15) is 27.1 Å². The summed E-state index contributed by atoms with van der Waals surface area (Å²) in [6, 6.07) is 19.5. The van der Waals surface area contributed by atoms with Gasteiger partial charge in [0.2, 0.25) is 75.3 Å². The molecule has 8 fully saturated rings. The van der Waals surface area contributed by atoms with Gasteiger partial charge in [-0.3, -0.25) is 0 Å². The summed E-state index contributed by atoms with van der Waals surface area (Å²) >= 11 is 29.3. The summed E-state index contributed by atoms with van der Waals surface area (Å²) < 4.78 is 82.1. The first kappa shape index (κ1) is 96.0. The number of halogens is 5. The predicted octanol–water partition coefficient (Wildman–Crippen LogP) is 14.1. The number of carboxylic acids is 1. The van der Waals surface area contributed by atoms with E-state index in [0.29, 0.717) is 155 Å².